The van der Waals surface area contributed by atoms with E-state index in [2.05, 4.69) is 80.5 Å². The fourth-order valence-corrected chi connectivity index (χ4v) is 2.44. The van der Waals surface area contributed by atoms with E-state index in [1.54, 1.807) is 0 Å². The Bertz CT molecular complexity index is 523. The molecule has 1 N–H and O–H groups in total. The minimum atomic E-state index is 0.830. The van der Waals surface area contributed by atoms with Gasteiger partial charge in [0.25, 0.3) is 0 Å². The highest BCUT2D eigenvalue weighted by Gasteiger charge is 1.99. The first-order valence-corrected chi connectivity index (χ1v) is 6.98. The van der Waals surface area contributed by atoms with Gasteiger partial charge in [-0.25, -0.2) is 0 Å². The van der Waals surface area contributed by atoms with Crippen molar-refractivity contribution in [3.8, 4) is 0 Å². The molecule has 88 valence electrons. The summed E-state index contributed by atoms with van der Waals surface area (Å²) in [4.78, 5) is 0. The number of rotatable bonds is 3. The molecule has 0 heterocycles. The summed E-state index contributed by atoms with van der Waals surface area (Å²) in [5.41, 5.74) is 3.68. The van der Waals surface area contributed by atoms with Crippen LogP contribution in [0.3, 0.4) is 0 Å². The van der Waals surface area contributed by atoms with Crippen molar-refractivity contribution in [2.75, 3.05) is 5.32 Å². The van der Waals surface area contributed by atoms with Crippen molar-refractivity contribution < 1.29 is 0 Å². The van der Waals surface area contributed by atoms with E-state index >= 15 is 0 Å². The van der Waals surface area contributed by atoms with Gasteiger partial charge in [0.15, 0.2) is 0 Å². The Morgan fingerprint density at radius 1 is 1.00 bits per heavy atom. The minimum absolute atomic E-state index is 0.830. The molecule has 0 aliphatic carbocycles. The van der Waals surface area contributed by atoms with Crippen LogP contribution in [0, 0.1) is 6.92 Å². The van der Waals surface area contributed by atoms with E-state index in [-0.39, 0.29) is 0 Å². The van der Waals surface area contributed by atoms with Crippen LogP contribution in [-0.2, 0) is 6.54 Å². The van der Waals surface area contributed by atoms with Crippen molar-refractivity contribution in [3.63, 3.8) is 0 Å². The van der Waals surface area contributed by atoms with Gasteiger partial charge in [-0.3, -0.25) is 0 Å². The maximum Gasteiger partial charge on any atom is 0.0401 e. The molecule has 0 fully saturated rings. The number of hydrogen-bond acceptors (Lipinski definition) is 1. The first-order valence-electron chi connectivity index (χ1n) is 5.39. The highest BCUT2D eigenvalue weighted by Crippen LogP contribution is 2.21. The molecule has 0 spiro atoms. The van der Waals surface area contributed by atoms with Gasteiger partial charge in [0, 0.05) is 21.2 Å². The van der Waals surface area contributed by atoms with Gasteiger partial charge in [-0.2, -0.15) is 0 Å². The highest BCUT2D eigenvalue weighted by atomic mass is 79.9. The van der Waals surface area contributed by atoms with E-state index in [1.807, 2.05) is 6.07 Å². The third kappa shape index (κ3) is 3.58. The summed E-state index contributed by atoms with van der Waals surface area (Å²) in [5.74, 6) is 0. The molecule has 0 aliphatic rings. The Morgan fingerprint density at radius 3 is 2.53 bits per heavy atom. The van der Waals surface area contributed by atoms with Crippen molar-refractivity contribution in [1.82, 2.24) is 0 Å². The van der Waals surface area contributed by atoms with Crippen LogP contribution in [0.2, 0.25) is 0 Å². The van der Waals surface area contributed by atoms with Gasteiger partial charge in [0.2, 0.25) is 0 Å². The standard InChI is InChI=1S/C14H13Br2N/c1-10-5-6-13(16)8-14(10)17-9-11-3-2-4-12(15)7-11/h2-8,17H,9H2,1H3. The zero-order valence-electron chi connectivity index (χ0n) is 9.50. The van der Waals surface area contributed by atoms with Crippen LogP contribution >= 0.6 is 31.9 Å². The molecule has 2 rings (SSSR count). The lowest BCUT2D eigenvalue weighted by molar-refractivity contribution is 1.14. The van der Waals surface area contributed by atoms with Gasteiger partial charge in [0.1, 0.15) is 0 Å². The summed E-state index contributed by atoms with van der Waals surface area (Å²) in [6.07, 6.45) is 0. The third-order valence-electron chi connectivity index (χ3n) is 2.57. The van der Waals surface area contributed by atoms with E-state index in [0.717, 1.165) is 15.5 Å². The maximum atomic E-state index is 3.49. The van der Waals surface area contributed by atoms with Gasteiger partial charge < -0.3 is 5.32 Å². The molecule has 17 heavy (non-hydrogen) atoms. The van der Waals surface area contributed by atoms with Gasteiger partial charge >= 0.3 is 0 Å². The number of benzene rings is 2. The van der Waals surface area contributed by atoms with Gasteiger partial charge in [-0.15, -0.1) is 0 Å². The normalized spacial score (nSPS) is 10.3. The molecule has 2 aromatic carbocycles. The quantitative estimate of drug-likeness (QED) is 0.805. The molecule has 0 aromatic heterocycles. The molecular formula is C14H13Br2N. The number of hydrogen-bond donors (Lipinski definition) is 1. The molecule has 0 saturated heterocycles. The second kappa shape index (κ2) is 5.69. The summed E-state index contributed by atoms with van der Waals surface area (Å²) in [7, 11) is 0. The Hall–Kier alpha value is -0.800. The van der Waals surface area contributed by atoms with Crippen molar-refractivity contribution in [2.45, 2.75) is 13.5 Å². The van der Waals surface area contributed by atoms with Crippen LogP contribution in [0.4, 0.5) is 5.69 Å². The molecule has 0 saturated carbocycles. The third-order valence-corrected chi connectivity index (χ3v) is 3.56. The Morgan fingerprint density at radius 2 is 1.76 bits per heavy atom. The molecule has 0 aliphatic heterocycles. The highest BCUT2D eigenvalue weighted by molar-refractivity contribution is 9.10. The second-order valence-corrected chi connectivity index (χ2v) is 5.77. The second-order valence-electron chi connectivity index (χ2n) is 3.94. The van der Waals surface area contributed by atoms with Crippen molar-refractivity contribution >= 4 is 37.5 Å². The van der Waals surface area contributed by atoms with Crippen LogP contribution in [0.25, 0.3) is 0 Å². The van der Waals surface area contributed by atoms with E-state index in [9.17, 15) is 0 Å². The fraction of sp³-hybridized carbons (Fsp3) is 0.143. The SMILES string of the molecule is Cc1ccc(Br)cc1NCc1cccc(Br)c1. The lowest BCUT2D eigenvalue weighted by atomic mass is 10.2. The van der Waals surface area contributed by atoms with Crippen molar-refractivity contribution in [1.29, 1.82) is 0 Å². The summed E-state index contributed by atoms with van der Waals surface area (Å²) < 4.78 is 2.21. The van der Waals surface area contributed by atoms with E-state index < -0.39 is 0 Å². The van der Waals surface area contributed by atoms with E-state index in [0.29, 0.717) is 0 Å². The molecule has 0 amide bonds. The lowest BCUT2D eigenvalue weighted by Crippen LogP contribution is -2.00. The van der Waals surface area contributed by atoms with Crippen LogP contribution in [0.15, 0.2) is 51.4 Å². The first kappa shape index (κ1) is 12.7. The number of anilines is 1. The molecule has 3 heteroatoms. The summed E-state index contributed by atoms with van der Waals surface area (Å²) in [6.45, 7) is 2.94. The molecule has 0 bridgehead atoms. The van der Waals surface area contributed by atoms with E-state index in [1.165, 1.54) is 16.8 Å². The van der Waals surface area contributed by atoms with E-state index in [4.69, 9.17) is 0 Å². The Balaban J connectivity index is 2.09. The Labute approximate surface area is 119 Å². The van der Waals surface area contributed by atoms with Crippen LogP contribution < -0.4 is 5.32 Å². The number of halogens is 2. The lowest BCUT2D eigenvalue weighted by Gasteiger charge is -2.10. The van der Waals surface area contributed by atoms with Gasteiger partial charge in [0.05, 0.1) is 0 Å². The number of nitrogens with one attached hydrogen (secondary N) is 1. The summed E-state index contributed by atoms with van der Waals surface area (Å²) in [6, 6.07) is 14.6. The van der Waals surface area contributed by atoms with Crippen molar-refractivity contribution in [2.24, 2.45) is 0 Å². The van der Waals surface area contributed by atoms with Crippen LogP contribution in [-0.4, -0.2) is 0 Å². The molecule has 1 nitrogen and oxygen atoms in total. The average Bonchev–Trinajstić information content (AvgIpc) is 2.30. The van der Waals surface area contributed by atoms with Crippen molar-refractivity contribution in [3.05, 3.63) is 62.5 Å². The zero-order valence-corrected chi connectivity index (χ0v) is 12.7. The molecule has 2 aromatic rings. The zero-order chi connectivity index (χ0) is 12.3. The molecule has 0 radical (unpaired) electrons. The van der Waals surface area contributed by atoms with Gasteiger partial charge in [-0.1, -0.05) is 50.1 Å². The van der Waals surface area contributed by atoms with Crippen LogP contribution in [0.5, 0.6) is 0 Å². The topological polar surface area (TPSA) is 12.0 Å². The summed E-state index contributed by atoms with van der Waals surface area (Å²) >= 11 is 6.97. The molecule has 0 atom stereocenters. The molecule has 0 unspecified atom stereocenters. The van der Waals surface area contributed by atoms with Crippen LogP contribution in [0.1, 0.15) is 11.1 Å². The summed E-state index contributed by atoms with van der Waals surface area (Å²) in [5, 5.41) is 3.45. The monoisotopic (exact) mass is 353 g/mol. The number of aryl methyl sites for hydroxylation is 1. The Kier molecular flexibility index (Phi) is 4.24. The predicted molar refractivity (Wildman–Crippen MR) is 80.3 cm³/mol. The molecular weight excluding hydrogens is 342 g/mol. The maximum absolute atomic E-state index is 3.49. The largest absolute Gasteiger partial charge is 0.381 e. The first-order chi connectivity index (χ1) is 8.15. The average molecular weight is 355 g/mol. The fourth-order valence-electron chi connectivity index (χ4n) is 1.63. The minimum Gasteiger partial charge on any atom is -0.381 e. The smallest absolute Gasteiger partial charge is 0.0401 e. The predicted octanol–water partition coefficient (Wildman–Crippen LogP) is 5.13. The van der Waals surface area contributed by atoms with Gasteiger partial charge in [-0.05, 0) is 42.3 Å².